The molecule has 1 amide bonds. The number of aryl methyl sites for hydroxylation is 2. The van der Waals surface area contributed by atoms with Crippen molar-refractivity contribution in [3.63, 3.8) is 0 Å². The molecule has 0 saturated carbocycles. The average Bonchev–Trinajstić information content (AvgIpc) is 3.32. The zero-order valence-electron chi connectivity index (χ0n) is 16.6. The van der Waals surface area contributed by atoms with E-state index < -0.39 is 10.0 Å². The molecule has 0 unspecified atom stereocenters. The van der Waals surface area contributed by atoms with E-state index in [9.17, 15) is 13.2 Å². The summed E-state index contributed by atoms with van der Waals surface area (Å²) in [6, 6.07) is 9.44. The molecule has 29 heavy (non-hydrogen) atoms. The van der Waals surface area contributed by atoms with Crippen molar-refractivity contribution in [2.24, 2.45) is 0 Å². The Morgan fingerprint density at radius 3 is 2.69 bits per heavy atom. The Morgan fingerprint density at radius 1 is 1.24 bits per heavy atom. The molecule has 1 fully saturated rings. The number of piperidine rings is 1. The zero-order valence-corrected chi connectivity index (χ0v) is 18.2. The highest BCUT2D eigenvalue weighted by molar-refractivity contribution is 7.91. The third kappa shape index (κ3) is 4.24. The highest BCUT2D eigenvalue weighted by atomic mass is 32.2. The van der Waals surface area contributed by atoms with Gasteiger partial charge >= 0.3 is 0 Å². The normalized spacial score (nSPS) is 15.9. The van der Waals surface area contributed by atoms with Crippen LogP contribution in [0.4, 0.5) is 0 Å². The number of nitrogens with zero attached hydrogens (tertiary/aromatic N) is 1. The van der Waals surface area contributed by atoms with Crippen LogP contribution in [0.1, 0.15) is 29.7 Å². The molecule has 2 aromatic heterocycles. The number of hydrogen-bond acceptors (Lipinski definition) is 4. The zero-order chi connectivity index (χ0) is 20.6. The van der Waals surface area contributed by atoms with Gasteiger partial charge in [0.1, 0.15) is 4.21 Å². The van der Waals surface area contributed by atoms with Gasteiger partial charge in [-0.1, -0.05) is 17.7 Å². The van der Waals surface area contributed by atoms with Gasteiger partial charge < -0.3 is 9.88 Å². The van der Waals surface area contributed by atoms with Crippen LogP contribution < -0.4 is 4.72 Å². The quantitative estimate of drug-likeness (QED) is 0.650. The molecule has 6 nitrogen and oxygen atoms in total. The van der Waals surface area contributed by atoms with E-state index in [-0.39, 0.29) is 11.9 Å². The molecule has 0 atom stereocenters. The monoisotopic (exact) mass is 431 g/mol. The first-order valence-corrected chi connectivity index (χ1v) is 12.1. The first-order chi connectivity index (χ1) is 13.8. The lowest BCUT2D eigenvalue weighted by Gasteiger charge is -2.32. The molecule has 0 radical (unpaired) electrons. The van der Waals surface area contributed by atoms with Crippen molar-refractivity contribution >= 4 is 38.2 Å². The number of amides is 1. The van der Waals surface area contributed by atoms with Gasteiger partial charge in [-0.2, -0.15) is 0 Å². The second-order valence-electron chi connectivity index (χ2n) is 7.66. The minimum absolute atomic E-state index is 0.0927. The smallest absolute Gasteiger partial charge is 0.250 e. The molecule has 4 rings (SSSR count). The Morgan fingerprint density at radius 2 is 2.00 bits per heavy atom. The lowest BCUT2D eigenvalue weighted by Crippen LogP contribution is -2.46. The SMILES string of the molecule is Cc1ccc2[nH]c(C)c(CC(=O)N3CCC(NS(=O)(=O)c4cccs4)CC3)c2c1. The fourth-order valence-electron chi connectivity index (χ4n) is 3.93. The van der Waals surface area contributed by atoms with Gasteiger partial charge in [0.15, 0.2) is 0 Å². The van der Waals surface area contributed by atoms with Gasteiger partial charge in [-0.3, -0.25) is 4.79 Å². The van der Waals surface area contributed by atoms with Crippen molar-refractivity contribution < 1.29 is 13.2 Å². The first-order valence-electron chi connectivity index (χ1n) is 9.75. The number of carbonyl (C=O) groups excluding carboxylic acids is 1. The highest BCUT2D eigenvalue weighted by Crippen LogP contribution is 2.25. The first kappa shape index (κ1) is 20.1. The van der Waals surface area contributed by atoms with Gasteiger partial charge in [-0.15, -0.1) is 11.3 Å². The third-order valence-electron chi connectivity index (χ3n) is 5.53. The van der Waals surface area contributed by atoms with Gasteiger partial charge in [0.25, 0.3) is 0 Å². The molecular formula is C21H25N3O3S2. The molecule has 0 spiro atoms. The van der Waals surface area contributed by atoms with Crippen LogP contribution >= 0.6 is 11.3 Å². The highest BCUT2D eigenvalue weighted by Gasteiger charge is 2.27. The Balaban J connectivity index is 1.39. The molecule has 0 aliphatic carbocycles. The van der Waals surface area contributed by atoms with Crippen molar-refractivity contribution in [1.29, 1.82) is 0 Å². The van der Waals surface area contributed by atoms with E-state index in [0.29, 0.717) is 36.6 Å². The van der Waals surface area contributed by atoms with Crippen LogP contribution in [0.5, 0.6) is 0 Å². The van der Waals surface area contributed by atoms with E-state index in [1.807, 2.05) is 11.8 Å². The number of hydrogen-bond donors (Lipinski definition) is 2. The summed E-state index contributed by atoms with van der Waals surface area (Å²) in [5.74, 6) is 0.0927. The summed E-state index contributed by atoms with van der Waals surface area (Å²) in [6.45, 7) is 5.19. The molecule has 1 saturated heterocycles. The van der Waals surface area contributed by atoms with E-state index in [1.165, 1.54) is 16.9 Å². The van der Waals surface area contributed by atoms with Crippen molar-refractivity contribution in [2.45, 2.75) is 43.4 Å². The van der Waals surface area contributed by atoms with E-state index in [0.717, 1.165) is 22.2 Å². The van der Waals surface area contributed by atoms with E-state index in [4.69, 9.17) is 0 Å². The van der Waals surface area contributed by atoms with Crippen LogP contribution in [0.2, 0.25) is 0 Å². The number of benzene rings is 1. The molecule has 3 heterocycles. The van der Waals surface area contributed by atoms with Gasteiger partial charge in [0, 0.05) is 35.7 Å². The Hall–Kier alpha value is -2.16. The van der Waals surface area contributed by atoms with Gasteiger partial charge in [0.05, 0.1) is 6.42 Å². The number of nitrogens with one attached hydrogen (secondary N) is 2. The maximum absolute atomic E-state index is 12.9. The van der Waals surface area contributed by atoms with Crippen molar-refractivity contribution in [3.05, 3.63) is 52.5 Å². The van der Waals surface area contributed by atoms with Crippen LogP contribution in [0.25, 0.3) is 10.9 Å². The third-order valence-corrected chi connectivity index (χ3v) is 8.45. The van der Waals surface area contributed by atoms with E-state index in [1.54, 1.807) is 17.5 Å². The van der Waals surface area contributed by atoms with Gasteiger partial charge in [-0.05, 0) is 55.8 Å². The maximum atomic E-state index is 12.9. The molecule has 8 heteroatoms. The average molecular weight is 432 g/mol. The standard InChI is InChI=1S/C21H25N3O3S2/c1-14-5-6-19-18(12-14)17(15(2)22-19)13-20(25)24-9-7-16(8-10-24)23-29(26,27)21-4-3-11-28-21/h3-6,11-12,16,22-23H,7-10,13H2,1-2H3. The van der Waals surface area contributed by atoms with Crippen molar-refractivity contribution in [1.82, 2.24) is 14.6 Å². The number of sulfonamides is 1. The topological polar surface area (TPSA) is 82.3 Å². The number of thiophene rings is 1. The van der Waals surface area contributed by atoms with Gasteiger partial charge in [-0.25, -0.2) is 13.1 Å². The Kier molecular flexibility index (Phi) is 5.50. The molecule has 154 valence electrons. The second-order valence-corrected chi connectivity index (χ2v) is 10.6. The molecular weight excluding hydrogens is 406 g/mol. The fourth-order valence-corrected chi connectivity index (χ4v) is 6.24. The van der Waals surface area contributed by atoms with Crippen LogP contribution in [0.3, 0.4) is 0 Å². The molecule has 3 aromatic rings. The van der Waals surface area contributed by atoms with E-state index >= 15 is 0 Å². The largest absolute Gasteiger partial charge is 0.358 e. The van der Waals surface area contributed by atoms with Crippen LogP contribution in [-0.2, 0) is 21.2 Å². The van der Waals surface area contributed by atoms with Crippen molar-refractivity contribution in [2.75, 3.05) is 13.1 Å². The minimum Gasteiger partial charge on any atom is -0.358 e. The molecule has 0 bridgehead atoms. The van der Waals surface area contributed by atoms with Gasteiger partial charge in [0.2, 0.25) is 15.9 Å². The lowest BCUT2D eigenvalue weighted by atomic mass is 10.0. The van der Waals surface area contributed by atoms with E-state index in [2.05, 4.69) is 34.8 Å². The molecule has 1 aliphatic rings. The number of likely N-dealkylation sites (tertiary alicyclic amines) is 1. The van der Waals surface area contributed by atoms with Crippen LogP contribution in [-0.4, -0.2) is 43.3 Å². The number of aromatic amines is 1. The summed E-state index contributed by atoms with van der Waals surface area (Å²) < 4.78 is 27.9. The fraction of sp³-hybridized carbons (Fsp3) is 0.381. The predicted molar refractivity (Wildman–Crippen MR) is 116 cm³/mol. The number of fused-ring (bicyclic) bond motifs is 1. The predicted octanol–water partition coefficient (Wildman–Crippen LogP) is 3.36. The number of carbonyl (C=O) groups is 1. The number of H-pyrrole nitrogens is 1. The molecule has 1 aliphatic heterocycles. The minimum atomic E-state index is -3.47. The summed E-state index contributed by atoms with van der Waals surface area (Å²) in [5.41, 5.74) is 4.30. The maximum Gasteiger partial charge on any atom is 0.250 e. The van der Waals surface area contributed by atoms with Crippen LogP contribution in [0.15, 0.2) is 39.9 Å². The molecule has 2 N–H and O–H groups in total. The summed E-state index contributed by atoms with van der Waals surface area (Å²) in [6.07, 6.45) is 1.62. The summed E-state index contributed by atoms with van der Waals surface area (Å²) in [4.78, 5) is 18.1. The Labute approximate surface area is 175 Å². The summed E-state index contributed by atoms with van der Waals surface area (Å²) in [7, 11) is -3.47. The summed E-state index contributed by atoms with van der Waals surface area (Å²) in [5, 5.41) is 2.86. The second kappa shape index (κ2) is 7.93. The van der Waals surface area contributed by atoms with Crippen molar-refractivity contribution in [3.8, 4) is 0 Å². The Bertz CT molecular complexity index is 1130. The lowest BCUT2D eigenvalue weighted by molar-refractivity contribution is -0.131. The van der Waals surface area contributed by atoms with Crippen LogP contribution in [0, 0.1) is 13.8 Å². The number of aromatic nitrogens is 1. The number of rotatable bonds is 5. The summed E-state index contributed by atoms with van der Waals surface area (Å²) >= 11 is 1.21. The molecule has 1 aromatic carbocycles.